The SMILES string of the molecule is CCCCOC(=O)NC(Cc1ccc(OC)cc1O)C(=O)O. The van der Waals surface area contributed by atoms with Crippen LogP contribution >= 0.6 is 0 Å². The molecule has 0 radical (unpaired) electrons. The van der Waals surface area contributed by atoms with Gasteiger partial charge in [0.25, 0.3) is 0 Å². The molecule has 1 unspecified atom stereocenters. The van der Waals surface area contributed by atoms with Crippen LogP contribution < -0.4 is 10.1 Å². The van der Waals surface area contributed by atoms with Crippen molar-refractivity contribution < 1.29 is 29.3 Å². The molecule has 0 aromatic heterocycles. The first-order valence-electron chi connectivity index (χ1n) is 6.99. The zero-order valence-electron chi connectivity index (χ0n) is 12.7. The van der Waals surface area contributed by atoms with E-state index in [-0.39, 0.29) is 18.8 Å². The molecule has 0 aliphatic heterocycles. The van der Waals surface area contributed by atoms with Crippen LogP contribution in [0.25, 0.3) is 0 Å². The highest BCUT2D eigenvalue weighted by atomic mass is 16.5. The maximum Gasteiger partial charge on any atom is 0.407 e. The second-order valence-electron chi connectivity index (χ2n) is 4.72. The van der Waals surface area contributed by atoms with Crippen LogP contribution in [0.4, 0.5) is 4.79 Å². The summed E-state index contributed by atoms with van der Waals surface area (Å²) in [5, 5.41) is 21.3. The Morgan fingerprint density at radius 3 is 2.64 bits per heavy atom. The van der Waals surface area contributed by atoms with Crippen LogP contribution in [0.5, 0.6) is 11.5 Å². The number of carbonyl (C=O) groups is 2. The molecule has 22 heavy (non-hydrogen) atoms. The Morgan fingerprint density at radius 2 is 2.09 bits per heavy atom. The third kappa shape index (κ3) is 5.51. The number of methoxy groups -OCH3 is 1. The first-order valence-corrected chi connectivity index (χ1v) is 6.99. The summed E-state index contributed by atoms with van der Waals surface area (Å²) in [7, 11) is 1.46. The van der Waals surface area contributed by atoms with Crippen molar-refractivity contribution in [2.24, 2.45) is 0 Å². The molecule has 7 heteroatoms. The van der Waals surface area contributed by atoms with Crippen molar-refractivity contribution in [3.8, 4) is 11.5 Å². The molecule has 1 atom stereocenters. The van der Waals surface area contributed by atoms with Crippen molar-refractivity contribution in [3.05, 3.63) is 23.8 Å². The number of alkyl carbamates (subject to hydrolysis) is 1. The number of nitrogens with one attached hydrogen (secondary N) is 1. The monoisotopic (exact) mass is 311 g/mol. The number of unbranched alkanes of at least 4 members (excludes halogenated alkanes) is 1. The number of carbonyl (C=O) groups excluding carboxylic acids is 1. The van der Waals surface area contributed by atoms with E-state index in [1.807, 2.05) is 6.92 Å². The highest BCUT2D eigenvalue weighted by molar-refractivity contribution is 5.80. The fraction of sp³-hybridized carbons (Fsp3) is 0.467. The Labute approximate surface area is 128 Å². The minimum absolute atomic E-state index is 0.0615. The lowest BCUT2D eigenvalue weighted by Crippen LogP contribution is -2.42. The van der Waals surface area contributed by atoms with Gasteiger partial charge in [0.15, 0.2) is 0 Å². The number of amides is 1. The second-order valence-corrected chi connectivity index (χ2v) is 4.72. The number of carboxylic acids is 1. The van der Waals surface area contributed by atoms with Crippen LogP contribution in [-0.4, -0.2) is 42.0 Å². The van der Waals surface area contributed by atoms with E-state index < -0.39 is 18.1 Å². The predicted octanol–water partition coefficient (Wildman–Crippen LogP) is 1.92. The molecule has 1 aromatic rings. The molecule has 1 rings (SSSR count). The number of ether oxygens (including phenoxy) is 2. The highest BCUT2D eigenvalue weighted by Crippen LogP contribution is 2.24. The number of aliphatic carboxylic acids is 1. The number of hydrogen-bond acceptors (Lipinski definition) is 5. The number of phenols is 1. The summed E-state index contributed by atoms with van der Waals surface area (Å²) >= 11 is 0. The molecule has 0 aliphatic carbocycles. The van der Waals surface area contributed by atoms with Gasteiger partial charge in [-0.25, -0.2) is 9.59 Å². The Balaban J connectivity index is 2.68. The maximum absolute atomic E-state index is 11.5. The van der Waals surface area contributed by atoms with Crippen molar-refractivity contribution in [2.75, 3.05) is 13.7 Å². The molecule has 0 heterocycles. The quantitative estimate of drug-likeness (QED) is 0.633. The van der Waals surface area contributed by atoms with Gasteiger partial charge in [0, 0.05) is 12.5 Å². The van der Waals surface area contributed by atoms with Crippen LogP contribution in [0.15, 0.2) is 18.2 Å². The maximum atomic E-state index is 11.5. The van der Waals surface area contributed by atoms with E-state index in [0.29, 0.717) is 17.7 Å². The van der Waals surface area contributed by atoms with E-state index in [1.54, 1.807) is 12.1 Å². The first-order chi connectivity index (χ1) is 10.5. The predicted molar refractivity (Wildman–Crippen MR) is 79.2 cm³/mol. The van der Waals surface area contributed by atoms with Gasteiger partial charge in [-0.1, -0.05) is 19.4 Å². The van der Waals surface area contributed by atoms with Crippen LogP contribution in [0.2, 0.25) is 0 Å². The largest absolute Gasteiger partial charge is 0.508 e. The summed E-state index contributed by atoms with van der Waals surface area (Å²) in [5.74, 6) is -0.838. The minimum Gasteiger partial charge on any atom is -0.508 e. The summed E-state index contributed by atoms with van der Waals surface area (Å²) in [6.07, 6.45) is 0.738. The van der Waals surface area contributed by atoms with Crippen LogP contribution in [0.3, 0.4) is 0 Å². The van der Waals surface area contributed by atoms with Gasteiger partial charge in [-0.3, -0.25) is 0 Å². The Hall–Kier alpha value is -2.44. The van der Waals surface area contributed by atoms with E-state index in [4.69, 9.17) is 9.47 Å². The van der Waals surface area contributed by atoms with E-state index in [1.165, 1.54) is 13.2 Å². The van der Waals surface area contributed by atoms with Crippen LogP contribution in [0.1, 0.15) is 25.3 Å². The normalized spacial score (nSPS) is 11.5. The molecule has 0 bridgehead atoms. The Morgan fingerprint density at radius 1 is 1.36 bits per heavy atom. The second kappa shape index (κ2) is 8.76. The molecule has 0 spiro atoms. The molecule has 122 valence electrons. The number of benzene rings is 1. The fourth-order valence-electron chi connectivity index (χ4n) is 1.76. The van der Waals surface area contributed by atoms with Gasteiger partial charge in [0.1, 0.15) is 17.5 Å². The van der Waals surface area contributed by atoms with Gasteiger partial charge >= 0.3 is 12.1 Å². The lowest BCUT2D eigenvalue weighted by atomic mass is 10.0. The third-order valence-corrected chi connectivity index (χ3v) is 3.04. The molecule has 7 nitrogen and oxygen atoms in total. The van der Waals surface area contributed by atoms with Gasteiger partial charge < -0.3 is 25.0 Å². The number of rotatable bonds is 8. The summed E-state index contributed by atoms with van der Waals surface area (Å²) in [6, 6.07) is 3.35. The number of aromatic hydroxyl groups is 1. The van der Waals surface area contributed by atoms with Crippen molar-refractivity contribution >= 4 is 12.1 Å². The van der Waals surface area contributed by atoms with Crippen LogP contribution in [0, 0.1) is 0 Å². The van der Waals surface area contributed by atoms with Crippen molar-refractivity contribution in [3.63, 3.8) is 0 Å². The molecule has 0 saturated carbocycles. The summed E-state index contributed by atoms with van der Waals surface area (Å²) in [4.78, 5) is 22.8. The lowest BCUT2D eigenvalue weighted by Gasteiger charge is -2.15. The third-order valence-electron chi connectivity index (χ3n) is 3.04. The van der Waals surface area contributed by atoms with Gasteiger partial charge in [0.2, 0.25) is 0 Å². The Kier molecular flexibility index (Phi) is 7.01. The molecule has 3 N–H and O–H groups in total. The topological polar surface area (TPSA) is 105 Å². The standard InChI is InChI=1S/C15H21NO6/c1-3-4-7-22-15(20)16-12(14(18)19)8-10-5-6-11(21-2)9-13(10)17/h5-6,9,12,17H,3-4,7-8H2,1-2H3,(H,16,20)(H,18,19). The smallest absolute Gasteiger partial charge is 0.407 e. The van der Waals surface area contributed by atoms with Crippen LogP contribution in [-0.2, 0) is 16.0 Å². The van der Waals surface area contributed by atoms with E-state index in [2.05, 4.69) is 5.32 Å². The average Bonchev–Trinajstić information content (AvgIpc) is 2.48. The van der Waals surface area contributed by atoms with Gasteiger partial charge in [-0.2, -0.15) is 0 Å². The molecule has 0 saturated heterocycles. The number of phenolic OH excluding ortho intramolecular Hbond substituents is 1. The van der Waals surface area contributed by atoms with Crippen molar-refractivity contribution in [1.29, 1.82) is 0 Å². The zero-order chi connectivity index (χ0) is 16.5. The van der Waals surface area contributed by atoms with Gasteiger partial charge in [-0.05, 0) is 18.1 Å². The molecular weight excluding hydrogens is 290 g/mol. The summed E-state index contributed by atoms with van der Waals surface area (Å²) < 4.78 is 9.83. The summed E-state index contributed by atoms with van der Waals surface area (Å²) in [5.41, 5.74) is 0.391. The van der Waals surface area contributed by atoms with Gasteiger partial charge in [-0.15, -0.1) is 0 Å². The average molecular weight is 311 g/mol. The lowest BCUT2D eigenvalue weighted by molar-refractivity contribution is -0.139. The van der Waals surface area contributed by atoms with Crippen molar-refractivity contribution in [2.45, 2.75) is 32.2 Å². The van der Waals surface area contributed by atoms with E-state index >= 15 is 0 Å². The minimum atomic E-state index is -1.21. The molecule has 0 aliphatic rings. The van der Waals surface area contributed by atoms with E-state index in [0.717, 1.165) is 6.42 Å². The van der Waals surface area contributed by atoms with Crippen molar-refractivity contribution in [1.82, 2.24) is 5.32 Å². The summed E-state index contributed by atoms with van der Waals surface area (Å²) in [6.45, 7) is 2.19. The van der Waals surface area contributed by atoms with E-state index in [9.17, 15) is 19.8 Å². The van der Waals surface area contributed by atoms with Gasteiger partial charge in [0.05, 0.1) is 13.7 Å². The Bertz CT molecular complexity index is 517. The zero-order valence-corrected chi connectivity index (χ0v) is 12.7. The molecular formula is C15H21NO6. The fourth-order valence-corrected chi connectivity index (χ4v) is 1.76. The highest BCUT2D eigenvalue weighted by Gasteiger charge is 2.22. The molecule has 1 amide bonds. The number of carboxylic acid groups (broad SMARTS) is 1. The molecule has 1 aromatic carbocycles. The number of hydrogen-bond donors (Lipinski definition) is 3. The molecule has 0 fully saturated rings. The first kappa shape index (κ1) is 17.6.